The summed E-state index contributed by atoms with van der Waals surface area (Å²) < 4.78 is 12.8. The Morgan fingerprint density at radius 2 is 1.85 bits per heavy atom. The fourth-order valence-corrected chi connectivity index (χ4v) is 7.49. The maximum absolute atomic E-state index is 14.6. The first-order valence-corrected chi connectivity index (χ1v) is 16.4. The first kappa shape index (κ1) is 34.3. The quantitative estimate of drug-likeness (QED) is 0.227. The number of ether oxygens (including phenoxy) is 2. The fraction of sp³-hybridized carbons (Fsp3) is 0.444. The minimum absolute atomic E-state index is 0.150. The lowest BCUT2D eigenvalue weighted by Crippen LogP contribution is -2.58. The van der Waals surface area contributed by atoms with E-state index in [0.29, 0.717) is 35.5 Å². The van der Waals surface area contributed by atoms with Gasteiger partial charge in [-0.1, -0.05) is 54.1 Å². The monoisotopic (exact) mass is 663 g/mol. The summed E-state index contributed by atoms with van der Waals surface area (Å²) in [5.74, 6) is -3.67. The number of carbonyl (C=O) groups excluding carboxylic acids is 4. The molecule has 47 heavy (non-hydrogen) atoms. The van der Waals surface area contributed by atoms with E-state index in [1.54, 1.807) is 50.3 Å². The maximum atomic E-state index is 14.6. The van der Waals surface area contributed by atoms with Crippen LogP contribution in [0.5, 0.6) is 0 Å². The molecule has 3 amide bonds. The number of carbonyl (C=O) groups is 4. The van der Waals surface area contributed by atoms with Crippen LogP contribution < -0.4 is 10.2 Å². The molecule has 3 saturated heterocycles. The number of nitrogens with zero attached hydrogens (tertiary/aromatic N) is 2. The van der Waals surface area contributed by atoms with E-state index in [1.807, 2.05) is 30.3 Å². The van der Waals surface area contributed by atoms with Gasteiger partial charge >= 0.3 is 5.97 Å². The van der Waals surface area contributed by atoms with Crippen LogP contribution in [-0.2, 0) is 28.7 Å². The molecule has 2 aromatic rings. The zero-order chi connectivity index (χ0) is 33.9. The SMILES string of the molecule is C=CCCC(=O)N[C@@H](C)[C@H](OC(=O)[C@@H]1[C@@H]2CC[C@]3(O2)[C@H](C(=O)N(CC=C)c2ccc(Cl)cc2)N([C@H](C)CO)C(=O)[C@@H]13)c1ccccc1. The highest BCUT2D eigenvalue weighted by Gasteiger charge is 2.75. The van der Waals surface area contributed by atoms with Gasteiger partial charge < -0.3 is 29.7 Å². The Hall–Kier alpha value is -3.99. The number of fused-ring (bicyclic) bond motifs is 1. The standard InChI is InChI=1S/C36H42ClN3O7/c1-5-7-13-28(42)38-23(4)31(24-11-9-8-10-12-24)46-35(45)29-27-18-19-36(47-27)30(29)33(43)40(22(3)21-41)32(36)34(44)39(20-6-2)26-16-14-25(37)15-17-26/h5-6,8-12,14-17,22-23,27,29-32,41H,1-2,7,13,18-21H2,3-4H3,(H,38,42)/t22-,23+,27+,29-,30-,31+,32+,36-/m1/s1. The van der Waals surface area contributed by atoms with Gasteiger partial charge in [-0.15, -0.1) is 13.2 Å². The Labute approximate surface area is 280 Å². The van der Waals surface area contributed by atoms with Gasteiger partial charge in [-0.3, -0.25) is 19.2 Å². The number of benzene rings is 2. The average Bonchev–Trinajstić information content (AvgIpc) is 3.72. The van der Waals surface area contributed by atoms with Crippen molar-refractivity contribution in [3.63, 3.8) is 0 Å². The third kappa shape index (κ3) is 6.46. The Kier molecular flexibility index (Phi) is 10.5. The van der Waals surface area contributed by atoms with Crippen LogP contribution >= 0.6 is 11.6 Å². The number of esters is 1. The molecule has 11 heteroatoms. The molecule has 3 aliphatic rings. The second-order valence-electron chi connectivity index (χ2n) is 12.5. The summed E-state index contributed by atoms with van der Waals surface area (Å²) in [5.41, 5.74) is -0.0630. The van der Waals surface area contributed by atoms with E-state index in [0.717, 1.165) is 0 Å². The molecule has 8 atom stereocenters. The average molecular weight is 664 g/mol. The summed E-state index contributed by atoms with van der Waals surface area (Å²) in [6.07, 6.45) is 3.33. The third-order valence-electron chi connectivity index (χ3n) is 9.49. The first-order valence-electron chi connectivity index (χ1n) is 16.0. The van der Waals surface area contributed by atoms with Crippen LogP contribution in [-0.4, -0.2) is 76.7 Å². The van der Waals surface area contributed by atoms with Gasteiger partial charge in [0.05, 0.1) is 36.6 Å². The molecular formula is C36H42ClN3O7. The van der Waals surface area contributed by atoms with E-state index in [-0.39, 0.29) is 18.9 Å². The van der Waals surface area contributed by atoms with Crippen LogP contribution in [0.3, 0.4) is 0 Å². The van der Waals surface area contributed by atoms with Crippen molar-refractivity contribution in [3.05, 3.63) is 90.5 Å². The number of nitrogens with one attached hydrogen (secondary N) is 1. The summed E-state index contributed by atoms with van der Waals surface area (Å²) in [6.45, 7) is 10.7. The number of hydrogen-bond acceptors (Lipinski definition) is 7. The van der Waals surface area contributed by atoms with Crippen molar-refractivity contribution >= 4 is 41.0 Å². The molecule has 0 aromatic heterocycles. The zero-order valence-corrected chi connectivity index (χ0v) is 27.5. The van der Waals surface area contributed by atoms with Crippen molar-refractivity contribution in [2.75, 3.05) is 18.1 Å². The normalized spacial score (nSPS) is 26.2. The summed E-state index contributed by atoms with van der Waals surface area (Å²) in [7, 11) is 0. The second-order valence-corrected chi connectivity index (χ2v) is 12.9. The van der Waals surface area contributed by atoms with E-state index < -0.39 is 72.2 Å². The number of hydrogen-bond donors (Lipinski definition) is 2. The van der Waals surface area contributed by atoms with Crippen molar-refractivity contribution in [2.45, 2.75) is 75.5 Å². The summed E-state index contributed by atoms with van der Waals surface area (Å²) in [6, 6.07) is 13.5. The highest BCUT2D eigenvalue weighted by molar-refractivity contribution is 6.30. The molecule has 10 nitrogen and oxygen atoms in total. The summed E-state index contributed by atoms with van der Waals surface area (Å²) in [5, 5.41) is 13.6. The summed E-state index contributed by atoms with van der Waals surface area (Å²) >= 11 is 6.12. The van der Waals surface area contributed by atoms with E-state index in [9.17, 15) is 24.3 Å². The van der Waals surface area contributed by atoms with Crippen LogP contribution in [0, 0.1) is 11.8 Å². The zero-order valence-electron chi connectivity index (χ0n) is 26.7. The van der Waals surface area contributed by atoms with Crippen molar-refractivity contribution in [1.29, 1.82) is 0 Å². The highest BCUT2D eigenvalue weighted by atomic mass is 35.5. The van der Waals surface area contributed by atoms with Crippen LogP contribution in [0.4, 0.5) is 5.69 Å². The molecule has 250 valence electrons. The minimum Gasteiger partial charge on any atom is -0.455 e. The number of halogens is 1. The van der Waals surface area contributed by atoms with E-state index in [2.05, 4.69) is 18.5 Å². The Morgan fingerprint density at radius 1 is 1.15 bits per heavy atom. The van der Waals surface area contributed by atoms with Gasteiger partial charge in [0.25, 0.3) is 5.91 Å². The number of allylic oxidation sites excluding steroid dienone is 1. The van der Waals surface area contributed by atoms with Gasteiger partial charge in [-0.25, -0.2) is 0 Å². The lowest BCUT2D eigenvalue weighted by molar-refractivity contribution is -0.162. The van der Waals surface area contributed by atoms with Gasteiger partial charge in [0.15, 0.2) is 0 Å². The van der Waals surface area contributed by atoms with Crippen molar-refractivity contribution in [1.82, 2.24) is 10.2 Å². The van der Waals surface area contributed by atoms with Crippen LogP contribution in [0.25, 0.3) is 0 Å². The van der Waals surface area contributed by atoms with E-state index in [1.165, 1.54) is 9.80 Å². The lowest BCUT2D eigenvalue weighted by atomic mass is 9.70. The van der Waals surface area contributed by atoms with E-state index in [4.69, 9.17) is 21.1 Å². The van der Waals surface area contributed by atoms with Crippen molar-refractivity contribution in [2.24, 2.45) is 11.8 Å². The molecule has 0 saturated carbocycles. The number of anilines is 1. The van der Waals surface area contributed by atoms with Crippen LogP contribution in [0.2, 0.25) is 5.02 Å². The lowest BCUT2D eigenvalue weighted by Gasteiger charge is -2.38. The fourth-order valence-electron chi connectivity index (χ4n) is 7.36. The van der Waals surface area contributed by atoms with Crippen molar-refractivity contribution in [3.8, 4) is 0 Å². The van der Waals surface area contributed by atoms with Gasteiger partial charge in [-0.2, -0.15) is 0 Å². The molecule has 3 aliphatic heterocycles. The molecule has 0 aliphatic carbocycles. The molecular weight excluding hydrogens is 622 g/mol. The summed E-state index contributed by atoms with van der Waals surface area (Å²) in [4.78, 5) is 58.6. The predicted molar refractivity (Wildman–Crippen MR) is 177 cm³/mol. The topological polar surface area (TPSA) is 125 Å². The third-order valence-corrected chi connectivity index (χ3v) is 9.74. The maximum Gasteiger partial charge on any atom is 0.313 e. The van der Waals surface area contributed by atoms with Crippen LogP contribution in [0.1, 0.15) is 51.2 Å². The smallest absolute Gasteiger partial charge is 0.313 e. The number of likely N-dealkylation sites (tertiary alicyclic amines) is 1. The Bertz CT molecular complexity index is 1500. The number of aliphatic hydroxyl groups is 1. The highest BCUT2D eigenvalue weighted by Crippen LogP contribution is 2.59. The van der Waals surface area contributed by atoms with Gasteiger partial charge in [0.1, 0.15) is 17.7 Å². The second kappa shape index (κ2) is 14.4. The molecule has 1 spiro atoms. The molecule has 0 radical (unpaired) electrons. The molecule has 0 unspecified atom stereocenters. The number of aliphatic hydroxyl groups excluding tert-OH is 1. The predicted octanol–water partition coefficient (Wildman–Crippen LogP) is 4.37. The van der Waals surface area contributed by atoms with Gasteiger partial charge in [0, 0.05) is 23.7 Å². The van der Waals surface area contributed by atoms with E-state index >= 15 is 0 Å². The molecule has 3 fully saturated rings. The first-order chi connectivity index (χ1) is 22.6. The molecule has 3 heterocycles. The largest absolute Gasteiger partial charge is 0.455 e. The Balaban J connectivity index is 1.48. The minimum atomic E-state index is -1.30. The number of rotatable bonds is 14. The Morgan fingerprint density at radius 3 is 2.49 bits per heavy atom. The molecule has 2 aromatic carbocycles. The van der Waals surface area contributed by atoms with Gasteiger partial charge in [0.2, 0.25) is 11.8 Å². The molecule has 5 rings (SSSR count). The van der Waals surface area contributed by atoms with Gasteiger partial charge in [-0.05, 0) is 62.9 Å². The van der Waals surface area contributed by atoms with Crippen LogP contribution in [0.15, 0.2) is 79.9 Å². The number of amides is 3. The molecule has 2 N–H and O–H groups in total. The molecule has 2 bridgehead atoms. The van der Waals surface area contributed by atoms with Crippen molar-refractivity contribution < 1.29 is 33.8 Å².